The Labute approximate surface area is 136 Å². The number of carboxylic acids is 1. The molecule has 0 aliphatic carbocycles. The van der Waals surface area contributed by atoms with E-state index >= 15 is 0 Å². The average molecular weight is 333 g/mol. The van der Waals surface area contributed by atoms with Crippen LogP contribution in [0.15, 0.2) is 36.4 Å². The van der Waals surface area contributed by atoms with E-state index in [2.05, 4.69) is 5.32 Å². The Balaban J connectivity index is 2.17. The highest BCUT2D eigenvalue weighted by molar-refractivity contribution is 5.97. The van der Waals surface area contributed by atoms with E-state index < -0.39 is 35.2 Å². The van der Waals surface area contributed by atoms with Crippen LogP contribution in [0.3, 0.4) is 0 Å². The van der Waals surface area contributed by atoms with Gasteiger partial charge in [-0.15, -0.1) is 0 Å². The van der Waals surface area contributed by atoms with Crippen LogP contribution in [0.25, 0.3) is 0 Å². The Morgan fingerprint density at radius 1 is 0.958 bits per heavy atom. The van der Waals surface area contributed by atoms with Crippen LogP contribution >= 0.6 is 0 Å². The van der Waals surface area contributed by atoms with Crippen LogP contribution in [-0.4, -0.2) is 43.5 Å². The molecule has 126 valence electrons. The zero-order valence-electron chi connectivity index (χ0n) is 12.3. The molecule has 0 spiro atoms. The molecule has 1 atom stereocenters. The molecule has 0 bridgehead atoms. The van der Waals surface area contributed by atoms with Gasteiger partial charge in [-0.05, 0) is 29.8 Å². The zero-order chi connectivity index (χ0) is 17.9. The lowest BCUT2D eigenvalue weighted by Crippen LogP contribution is -2.42. The van der Waals surface area contributed by atoms with Crippen molar-refractivity contribution in [2.45, 2.75) is 12.5 Å². The normalized spacial score (nSPS) is 11.7. The van der Waals surface area contributed by atoms with Crippen molar-refractivity contribution in [3.63, 3.8) is 0 Å². The maximum Gasteiger partial charge on any atom is 0.326 e. The molecule has 8 heteroatoms. The minimum Gasteiger partial charge on any atom is -0.508 e. The molecule has 0 aliphatic heterocycles. The van der Waals surface area contributed by atoms with Crippen LogP contribution in [0.5, 0.6) is 23.0 Å². The van der Waals surface area contributed by atoms with Gasteiger partial charge in [0.25, 0.3) is 5.91 Å². The summed E-state index contributed by atoms with van der Waals surface area (Å²) in [5.41, 5.74) is 0.372. The number of aliphatic carboxylic acids is 1. The standard InChI is InChI=1S/C16H15NO7/c18-10-3-1-8(2-4-10)5-11(16(23)24)17-15(22)9-6-12(19)14(21)13(20)7-9/h1-4,6-7,11,18-21H,5H2,(H,17,22)(H,23,24)/t11-/m0/s1. The molecule has 0 heterocycles. The van der Waals surface area contributed by atoms with E-state index in [4.69, 9.17) is 0 Å². The van der Waals surface area contributed by atoms with Gasteiger partial charge >= 0.3 is 5.97 Å². The lowest BCUT2D eigenvalue weighted by Gasteiger charge is -2.15. The molecule has 0 aliphatic rings. The number of amides is 1. The number of benzene rings is 2. The number of rotatable bonds is 5. The molecule has 6 N–H and O–H groups in total. The highest BCUT2D eigenvalue weighted by atomic mass is 16.4. The van der Waals surface area contributed by atoms with E-state index in [1.807, 2.05) is 0 Å². The van der Waals surface area contributed by atoms with Gasteiger partial charge in [0.05, 0.1) is 0 Å². The lowest BCUT2D eigenvalue weighted by atomic mass is 10.0. The number of carbonyl (C=O) groups is 2. The van der Waals surface area contributed by atoms with Gasteiger partial charge in [-0.25, -0.2) is 4.79 Å². The maximum absolute atomic E-state index is 12.1. The monoisotopic (exact) mass is 333 g/mol. The van der Waals surface area contributed by atoms with Gasteiger partial charge in [0.15, 0.2) is 17.2 Å². The van der Waals surface area contributed by atoms with Gasteiger partial charge in [-0.3, -0.25) is 4.79 Å². The molecule has 24 heavy (non-hydrogen) atoms. The second-order valence-corrected chi connectivity index (χ2v) is 5.10. The number of nitrogens with one attached hydrogen (secondary N) is 1. The molecular formula is C16H15NO7. The molecule has 0 unspecified atom stereocenters. The second kappa shape index (κ2) is 6.78. The summed E-state index contributed by atoms with van der Waals surface area (Å²) in [6, 6.07) is 6.39. The van der Waals surface area contributed by atoms with Gasteiger partial charge < -0.3 is 30.8 Å². The number of hydrogen-bond acceptors (Lipinski definition) is 6. The third kappa shape index (κ3) is 3.86. The molecule has 2 aromatic carbocycles. The summed E-state index contributed by atoms with van der Waals surface area (Å²) in [6.07, 6.45) is -0.0304. The minimum absolute atomic E-state index is 0.0304. The Hall–Kier alpha value is -3.42. The Kier molecular flexibility index (Phi) is 4.78. The predicted molar refractivity (Wildman–Crippen MR) is 82.1 cm³/mol. The van der Waals surface area contributed by atoms with Crippen LogP contribution in [0, 0.1) is 0 Å². The Morgan fingerprint density at radius 2 is 1.50 bits per heavy atom. The van der Waals surface area contributed by atoms with Crippen molar-refractivity contribution in [3.8, 4) is 23.0 Å². The molecule has 0 fully saturated rings. The summed E-state index contributed by atoms with van der Waals surface area (Å²) in [6.45, 7) is 0. The highest BCUT2D eigenvalue weighted by Gasteiger charge is 2.22. The fourth-order valence-electron chi connectivity index (χ4n) is 2.04. The quantitative estimate of drug-likeness (QED) is 0.446. The average Bonchev–Trinajstić information content (AvgIpc) is 2.53. The molecule has 2 rings (SSSR count). The van der Waals surface area contributed by atoms with Crippen LogP contribution in [0.4, 0.5) is 0 Å². The van der Waals surface area contributed by atoms with E-state index in [1.54, 1.807) is 0 Å². The topological polar surface area (TPSA) is 147 Å². The van der Waals surface area contributed by atoms with Gasteiger partial charge in [-0.1, -0.05) is 12.1 Å². The summed E-state index contributed by atoms with van der Waals surface area (Å²) >= 11 is 0. The first-order valence-corrected chi connectivity index (χ1v) is 6.84. The van der Waals surface area contributed by atoms with Crippen molar-refractivity contribution < 1.29 is 35.1 Å². The molecule has 0 radical (unpaired) electrons. The number of carboxylic acid groups (broad SMARTS) is 1. The molecule has 0 saturated heterocycles. The largest absolute Gasteiger partial charge is 0.508 e. The van der Waals surface area contributed by atoms with Crippen molar-refractivity contribution in [2.75, 3.05) is 0 Å². The SMILES string of the molecule is O=C(N[C@@H](Cc1ccc(O)cc1)C(=O)O)c1cc(O)c(O)c(O)c1. The van der Waals surface area contributed by atoms with E-state index in [1.165, 1.54) is 24.3 Å². The van der Waals surface area contributed by atoms with Crippen molar-refractivity contribution >= 4 is 11.9 Å². The highest BCUT2D eigenvalue weighted by Crippen LogP contribution is 2.35. The molecule has 1 amide bonds. The molecular weight excluding hydrogens is 318 g/mol. The van der Waals surface area contributed by atoms with E-state index in [-0.39, 0.29) is 17.7 Å². The van der Waals surface area contributed by atoms with Gasteiger partial charge in [0.2, 0.25) is 0 Å². The summed E-state index contributed by atoms with van der Waals surface area (Å²) in [4.78, 5) is 23.4. The first kappa shape index (κ1) is 16.9. The molecule has 8 nitrogen and oxygen atoms in total. The number of hydrogen-bond donors (Lipinski definition) is 6. The van der Waals surface area contributed by atoms with E-state index in [0.29, 0.717) is 5.56 Å². The maximum atomic E-state index is 12.1. The van der Waals surface area contributed by atoms with Gasteiger partial charge in [-0.2, -0.15) is 0 Å². The summed E-state index contributed by atoms with van der Waals surface area (Å²) in [7, 11) is 0. The van der Waals surface area contributed by atoms with Crippen molar-refractivity contribution in [2.24, 2.45) is 0 Å². The van der Waals surface area contributed by atoms with Crippen LogP contribution in [0.2, 0.25) is 0 Å². The second-order valence-electron chi connectivity index (χ2n) is 5.10. The Morgan fingerprint density at radius 3 is 2.00 bits per heavy atom. The fraction of sp³-hybridized carbons (Fsp3) is 0.125. The number of aromatic hydroxyl groups is 4. The predicted octanol–water partition coefficient (Wildman–Crippen LogP) is 0.935. The van der Waals surface area contributed by atoms with Gasteiger partial charge in [0.1, 0.15) is 11.8 Å². The van der Waals surface area contributed by atoms with Gasteiger partial charge in [0, 0.05) is 12.0 Å². The zero-order valence-corrected chi connectivity index (χ0v) is 12.3. The number of phenols is 4. The number of carbonyl (C=O) groups excluding carboxylic acids is 1. The van der Waals surface area contributed by atoms with Crippen LogP contribution in [-0.2, 0) is 11.2 Å². The van der Waals surface area contributed by atoms with E-state index in [9.17, 15) is 35.1 Å². The van der Waals surface area contributed by atoms with Crippen molar-refractivity contribution in [1.82, 2.24) is 5.32 Å². The third-order valence-electron chi connectivity index (χ3n) is 3.31. The summed E-state index contributed by atoms with van der Waals surface area (Å²) in [5, 5.41) is 48.8. The Bertz CT molecular complexity index is 747. The third-order valence-corrected chi connectivity index (χ3v) is 3.31. The van der Waals surface area contributed by atoms with Crippen molar-refractivity contribution in [3.05, 3.63) is 47.5 Å². The fourth-order valence-corrected chi connectivity index (χ4v) is 2.04. The molecule has 0 aromatic heterocycles. The first-order valence-electron chi connectivity index (χ1n) is 6.84. The number of phenolic OH excluding ortho intramolecular Hbond substituents is 4. The molecule has 0 saturated carbocycles. The first-order chi connectivity index (χ1) is 11.3. The molecule has 2 aromatic rings. The minimum atomic E-state index is -1.27. The van der Waals surface area contributed by atoms with Crippen LogP contribution in [0.1, 0.15) is 15.9 Å². The van der Waals surface area contributed by atoms with Crippen molar-refractivity contribution in [1.29, 1.82) is 0 Å². The van der Waals surface area contributed by atoms with Crippen LogP contribution < -0.4 is 5.32 Å². The lowest BCUT2D eigenvalue weighted by molar-refractivity contribution is -0.139. The van der Waals surface area contributed by atoms with E-state index in [0.717, 1.165) is 12.1 Å². The smallest absolute Gasteiger partial charge is 0.326 e. The summed E-state index contributed by atoms with van der Waals surface area (Å²) < 4.78 is 0. The summed E-state index contributed by atoms with van der Waals surface area (Å²) in [5.74, 6) is -4.26.